The van der Waals surface area contributed by atoms with Crippen molar-refractivity contribution < 1.29 is 19.1 Å². The molecule has 0 fully saturated rings. The average Bonchev–Trinajstić information content (AvgIpc) is 2.91. The van der Waals surface area contributed by atoms with E-state index < -0.39 is 0 Å². The summed E-state index contributed by atoms with van der Waals surface area (Å²) >= 11 is 0. The van der Waals surface area contributed by atoms with Crippen LogP contribution < -0.4 is 20.1 Å². The lowest BCUT2D eigenvalue weighted by molar-refractivity contribution is 0.101. The first-order chi connectivity index (χ1) is 18.3. The summed E-state index contributed by atoms with van der Waals surface area (Å²) in [4.78, 5) is 25.8. The van der Waals surface area contributed by atoms with Crippen molar-refractivity contribution in [3.05, 3.63) is 120 Å². The van der Waals surface area contributed by atoms with E-state index in [2.05, 4.69) is 31.4 Å². The highest BCUT2D eigenvalue weighted by molar-refractivity contribution is 6.07. The number of para-hydroxylation sites is 2. The molecule has 6 nitrogen and oxygen atoms in total. The number of carbonyl (C=O) groups is 2. The smallest absolute Gasteiger partial charge is 0.259 e. The third-order valence-electron chi connectivity index (χ3n) is 5.88. The molecule has 4 aromatic rings. The standard InChI is InChI=1S/C32H32N2O4/c1-32(2,3)24-18-16-23(17-19-24)30(35)33-25-10-9-11-26(22-25)34-31(36)28-14-7-8-15-29(28)38-21-20-37-27-12-5-4-6-13-27/h4-19,22H,20-21H2,1-3H3,(H,33,35)(H,34,36). The summed E-state index contributed by atoms with van der Waals surface area (Å²) in [6.45, 7) is 7.03. The van der Waals surface area contributed by atoms with Gasteiger partial charge in [0.25, 0.3) is 11.8 Å². The van der Waals surface area contributed by atoms with Gasteiger partial charge in [-0.3, -0.25) is 9.59 Å². The zero-order valence-corrected chi connectivity index (χ0v) is 21.9. The zero-order chi connectivity index (χ0) is 27.0. The minimum absolute atomic E-state index is 0.0150. The number of carbonyl (C=O) groups excluding carboxylic acids is 2. The van der Waals surface area contributed by atoms with Gasteiger partial charge in [-0.2, -0.15) is 0 Å². The van der Waals surface area contributed by atoms with Crippen molar-refractivity contribution in [2.24, 2.45) is 0 Å². The van der Waals surface area contributed by atoms with Crippen molar-refractivity contribution in [3.8, 4) is 11.5 Å². The predicted molar refractivity (Wildman–Crippen MR) is 151 cm³/mol. The van der Waals surface area contributed by atoms with Crippen LogP contribution in [0.2, 0.25) is 0 Å². The molecule has 0 aliphatic carbocycles. The molecule has 0 aliphatic rings. The fourth-order valence-corrected chi connectivity index (χ4v) is 3.81. The molecule has 0 radical (unpaired) electrons. The molecule has 0 spiro atoms. The van der Waals surface area contributed by atoms with Crippen LogP contribution >= 0.6 is 0 Å². The van der Waals surface area contributed by atoms with Crippen LogP contribution in [0, 0.1) is 0 Å². The number of amides is 2. The first kappa shape index (κ1) is 26.5. The zero-order valence-electron chi connectivity index (χ0n) is 21.9. The summed E-state index contributed by atoms with van der Waals surface area (Å²) in [5.41, 5.74) is 3.27. The van der Waals surface area contributed by atoms with Crippen LogP contribution in [0.1, 0.15) is 47.1 Å². The third-order valence-corrected chi connectivity index (χ3v) is 5.88. The minimum atomic E-state index is -0.314. The quantitative estimate of drug-likeness (QED) is 0.240. The summed E-state index contributed by atoms with van der Waals surface area (Å²) in [6, 6.07) is 31.2. The lowest BCUT2D eigenvalue weighted by atomic mass is 9.87. The van der Waals surface area contributed by atoms with E-state index >= 15 is 0 Å². The molecule has 0 heterocycles. The van der Waals surface area contributed by atoms with Gasteiger partial charge < -0.3 is 20.1 Å². The van der Waals surface area contributed by atoms with E-state index in [4.69, 9.17) is 9.47 Å². The van der Waals surface area contributed by atoms with E-state index in [1.165, 1.54) is 0 Å². The monoisotopic (exact) mass is 508 g/mol. The first-order valence-electron chi connectivity index (χ1n) is 12.5. The second-order valence-electron chi connectivity index (χ2n) is 9.82. The number of nitrogens with one attached hydrogen (secondary N) is 2. The van der Waals surface area contributed by atoms with Crippen LogP contribution in [-0.2, 0) is 5.41 Å². The molecule has 0 saturated heterocycles. The van der Waals surface area contributed by atoms with Crippen LogP contribution in [-0.4, -0.2) is 25.0 Å². The molecule has 0 aliphatic heterocycles. The largest absolute Gasteiger partial charge is 0.490 e. The lowest BCUT2D eigenvalue weighted by Crippen LogP contribution is -2.16. The first-order valence-corrected chi connectivity index (χ1v) is 12.5. The molecule has 0 saturated carbocycles. The molecule has 2 N–H and O–H groups in total. The van der Waals surface area contributed by atoms with Crippen LogP contribution in [0.4, 0.5) is 11.4 Å². The Hall–Kier alpha value is -4.58. The van der Waals surface area contributed by atoms with E-state index in [0.29, 0.717) is 34.9 Å². The van der Waals surface area contributed by atoms with Crippen molar-refractivity contribution in [1.29, 1.82) is 0 Å². The van der Waals surface area contributed by atoms with Crippen molar-refractivity contribution in [3.63, 3.8) is 0 Å². The molecule has 194 valence electrons. The van der Waals surface area contributed by atoms with E-state index in [1.807, 2.05) is 60.7 Å². The molecule has 6 heteroatoms. The van der Waals surface area contributed by atoms with Gasteiger partial charge in [0.2, 0.25) is 0 Å². The third kappa shape index (κ3) is 7.23. The second-order valence-corrected chi connectivity index (χ2v) is 9.82. The van der Waals surface area contributed by atoms with Crippen molar-refractivity contribution >= 4 is 23.2 Å². The van der Waals surface area contributed by atoms with Crippen molar-refractivity contribution in [1.82, 2.24) is 0 Å². The number of hydrogen-bond acceptors (Lipinski definition) is 4. The Kier molecular flexibility index (Phi) is 8.44. The summed E-state index contributed by atoms with van der Waals surface area (Å²) in [5.74, 6) is 0.692. The van der Waals surface area contributed by atoms with Crippen molar-refractivity contribution in [2.75, 3.05) is 23.8 Å². The molecule has 4 rings (SSSR count). The highest BCUT2D eigenvalue weighted by Crippen LogP contribution is 2.24. The molecule has 2 amide bonds. The van der Waals surface area contributed by atoms with Gasteiger partial charge in [-0.15, -0.1) is 0 Å². The van der Waals surface area contributed by atoms with Gasteiger partial charge in [0, 0.05) is 16.9 Å². The van der Waals surface area contributed by atoms with Crippen molar-refractivity contribution in [2.45, 2.75) is 26.2 Å². The Morgan fingerprint density at radius 2 is 1.26 bits per heavy atom. The van der Waals surface area contributed by atoms with Gasteiger partial charge in [0.1, 0.15) is 24.7 Å². The normalized spacial score (nSPS) is 10.9. The lowest BCUT2D eigenvalue weighted by Gasteiger charge is -2.19. The molecule has 0 bridgehead atoms. The number of hydrogen-bond donors (Lipinski definition) is 2. The molecule has 0 unspecified atom stereocenters. The van der Waals surface area contributed by atoms with Gasteiger partial charge in [0.05, 0.1) is 5.56 Å². The predicted octanol–water partition coefficient (Wildman–Crippen LogP) is 6.95. The number of anilines is 2. The highest BCUT2D eigenvalue weighted by Gasteiger charge is 2.15. The number of benzene rings is 4. The maximum atomic E-state index is 13.0. The fourth-order valence-electron chi connectivity index (χ4n) is 3.81. The Labute approximate surface area is 223 Å². The van der Waals surface area contributed by atoms with Crippen LogP contribution in [0.3, 0.4) is 0 Å². The van der Waals surface area contributed by atoms with Crippen LogP contribution in [0.5, 0.6) is 11.5 Å². The topological polar surface area (TPSA) is 76.7 Å². The summed E-state index contributed by atoms with van der Waals surface area (Å²) in [5, 5.41) is 5.79. The second kappa shape index (κ2) is 12.1. The molecular formula is C32H32N2O4. The number of rotatable bonds is 9. The Balaban J connectivity index is 1.36. The van der Waals surface area contributed by atoms with E-state index in [-0.39, 0.29) is 23.8 Å². The van der Waals surface area contributed by atoms with Gasteiger partial charge in [-0.1, -0.05) is 69.3 Å². The number of ether oxygens (including phenoxy) is 2. The van der Waals surface area contributed by atoms with E-state index in [0.717, 1.165) is 11.3 Å². The maximum absolute atomic E-state index is 13.0. The Morgan fingerprint density at radius 3 is 1.95 bits per heavy atom. The Bertz CT molecular complexity index is 1380. The van der Waals surface area contributed by atoms with Crippen LogP contribution in [0.15, 0.2) is 103 Å². The molecular weight excluding hydrogens is 476 g/mol. The van der Waals surface area contributed by atoms with Gasteiger partial charge >= 0.3 is 0 Å². The summed E-state index contributed by atoms with van der Waals surface area (Å²) < 4.78 is 11.5. The van der Waals surface area contributed by atoms with E-state index in [9.17, 15) is 9.59 Å². The van der Waals surface area contributed by atoms with Crippen LogP contribution in [0.25, 0.3) is 0 Å². The minimum Gasteiger partial charge on any atom is -0.490 e. The summed E-state index contributed by atoms with van der Waals surface area (Å²) in [6.07, 6.45) is 0. The van der Waals surface area contributed by atoms with Gasteiger partial charge in [0.15, 0.2) is 0 Å². The molecule has 4 aromatic carbocycles. The highest BCUT2D eigenvalue weighted by atomic mass is 16.5. The fraction of sp³-hybridized carbons (Fsp3) is 0.188. The van der Waals surface area contributed by atoms with Gasteiger partial charge in [-0.25, -0.2) is 0 Å². The molecule has 0 aromatic heterocycles. The Morgan fingerprint density at radius 1 is 0.658 bits per heavy atom. The average molecular weight is 509 g/mol. The SMILES string of the molecule is CC(C)(C)c1ccc(C(=O)Nc2cccc(NC(=O)c3ccccc3OCCOc3ccccc3)c2)cc1. The van der Waals surface area contributed by atoms with Gasteiger partial charge in [-0.05, 0) is 65.6 Å². The summed E-state index contributed by atoms with van der Waals surface area (Å²) in [7, 11) is 0. The van der Waals surface area contributed by atoms with E-state index in [1.54, 1.807) is 42.5 Å². The molecule has 38 heavy (non-hydrogen) atoms. The maximum Gasteiger partial charge on any atom is 0.259 e. The molecule has 0 atom stereocenters.